The fraction of sp³-hybridized carbons (Fsp3) is 0.0833. The zero-order chi connectivity index (χ0) is 23.5. The summed E-state index contributed by atoms with van der Waals surface area (Å²) in [6, 6.07) is 16.1. The molecule has 0 radical (unpaired) electrons. The van der Waals surface area contributed by atoms with E-state index in [-0.39, 0.29) is 11.6 Å². The number of benzene rings is 3. The van der Waals surface area contributed by atoms with E-state index in [9.17, 15) is 4.79 Å². The van der Waals surface area contributed by atoms with Crippen molar-refractivity contribution in [3.8, 4) is 11.5 Å². The zero-order valence-corrected chi connectivity index (χ0v) is 21.5. The molecule has 0 aromatic heterocycles. The van der Waals surface area contributed by atoms with E-state index in [2.05, 4.69) is 27.6 Å². The van der Waals surface area contributed by atoms with Gasteiger partial charge < -0.3 is 14.2 Å². The molecule has 33 heavy (non-hydrogen) atoms. The molecule has 3 aromatic rings. The Balaban J connectivity index is 1.61. The number of nitrogens with zero attached hydrogens (tertiary/aromatic N) is 1. The van der Waals surface area contributed by atoms with Crippen molar-refractivity contribution in [2.45, 2.75) is 6.61 Å². The van der Waals surface area contributed by atoms with Gasteiger partial charge in [-0.05, 0) is 70.6 Å². The van der Waals surface area contributed by atoms with Gasteiger partial charge in [-0.2, -0.15) is 0 Å². The molecule has 4 rings (SSSR count). The summed E-state index contributed by atoms with van der Waals surface area (Å²) >= 11 is 20.9. The molecular weight excluding hydrogens is 600 g/mol. The highest BCUT2D eigenvalue weighted by molar-refractivity contribution is 14.1. The van der Waals surface area contributed by atoms with Crippen molar-refractivity contribution >= 4 is 75.3 Å². The number of hydrogen-bond acceptors (Lipinski definition) is 5. The minimum atomic E-state index is -0.606. The van der Waals surface area contributed by atoms with Crippen molar-refractivity contribution < 1.29 is 19.0 Å². The summed E-state index contributed by atoms with van der Waals surface area (Å²) in [7, 11) is 1.52. The van der Waals surface area contributed by atoms with Gasteiger partial charge in [-0.25, -0.2) is 9.79 Å². The van der Waals surface area contributed by atoms with Gasteiger partial charge in [0.25, 0.3) is 0 Å². The van der Waals surface area contributed by atoms with Crippen LogP contribution in [0.2, 0.25) is 15.1 Å². The van der Waals surface area contributed by atoms with Gasteiger partial charge in [0.2, 0.25) is 5.90 Å². The van der Waals surface area contributed by atoms with Crippen LogP contribution in [-0.2, 0) is 16.1 Å². The average molecular weight is 615 g/mol. The van der Waals surface area contributed by atoms with Crippen LogP contribution in [0.3, 0.4) is 0 Å². The lowest BCUT2D eigenvalue weighted by molar-refractivity contribution is -0.129. The minimum absolute atomic E-state index is 0.0987. The first-order valence-corrected chi connectivity index (χ1v) is 11.8. The molecule has 0 amide bonds. The monoisotopic (exact) mass is 613 g/mol. The van der Waals surface area contributed by atoms with Gasteiger partial charge in [0, 0.05) is 14.2 Å². The van der Waals surface area contributed by atoms with Gasteiger partial charge in [-0.15, -0.1) is 0 Å². The summed E-state index contributed by atoms with van der Waals surface area (Å²) in [5.74, 6) is 0.331. The molecule has 9 heteroatoms. The lowest BCUT2D eigenvalue weighted by atomic mass is 10.1. The first-order valence-electron chi connectivity index (χ1n) is 9.57. The Morgan fingerprint density at radius 3 is 2.58 bits per heavy atom. The number of cyclic esters (lactones) is 1. The van der Waals surface area contributed by atoms with Crippen molar-refractivity contribution in [1.29, 1.82) is 0 Å². The number of aliphatic imine (C=N–C) groups is 1. The van der Waals surface area contributed by atoms with Crippen LogP contribution in [0.4, 0.5) is 0 Å². The molecule has 0 saturated heterocycles. The number of rotatable bonds is 6. The Morgan fingerprint density at radius 2 is 1.85 bits per heavy atom. The fourth-order valence-electron chi connectivity index (χ4n) is 3.07. The Kier molecular flexibility index (Phi) is 7.48. The molecule has 3 aromatic carbocycles. The summed E-state index contributed by atoms with van der Waals surface area (Å²) in [5, 5.41) is 1.13. The first kappa shape index (κ1) is 23.9. The van der Waals surface area contributed by atoms with Gasteiger partial charge in [-0.1, -0.05) is 53.0 Å². The van der Waals surface area contributed by atoms with Crippen molar-refractivity contribution in [2.75, 3.05) is 7.11 Å². The molecule has 0 bridgehead atoms. The Hall–Kier alpha value is -2.26. The van der Waals surface area contributed by atoms with E-state index in [0.29, 0.717) is 44.3 Å². The molecule has 168 valence electrons. The lowest BCUT2D eigenvalue weighted by Crippen LogP contribution is -2.06. The number of methoxy groups -OCH3 is 1. The number of carbonyl (C=O) groups is 1. The number of halogens is 4. The lowest BCUT2D eigenvalue weighted by Gasteiger charge is -2.14. The van der Waals surface area contributed by atoms with Gasteiger partial charge >= 0.3 is 5.97 Å². The van der Waals surface area contributed by atoms with E-state index in [0.717, 1.165) is 9.13 Å². The summed E-state index contributed by atoms with van der Waals surface area (Å²) in [5.41, 5.74) is 2.19. The molecule has 0 spiro atoms. The van der Waals surface area contributed by atoms with Gasteiger partial charge in [-0.3, -0.25) is 0 Å². The van der Waals surface area contributed by atoms with Gasteiger partial charge in [0.1, 0.15) is 6.61 Å². The molecular formula is C24H15Cl3INO4. The maximum atomic E-state index is 12.4. The standard InChI is InChI=1S/C24H15Cl3INO4/c1-31-21-10-13(8-18(27)22(21)32-12-14-4-2-3-5-19(14)28)9-20-24(30)33-23(29-20)16-7-6-15(25)11-17(16)26/h2-11H,12H2,1H3/b20-9-. The van der Waals surface area contributed by atoms with Crippen LogP contribution in [-0.4, -0.2) is 19.0 Å². The second-order valence-corrected chi connectivity index (χ2v) is 9.29. The van der Waals surface area contributed by atoms with E-state index in [1.807, 2.05) is 24.3 Å². The van der Waals surface area contributed by atoms with Crippen LogP contribution in [0.1, 0.15) is 16.7 Å². The Morgan fingerprint density at radius 1 is 1.06 bits per heavy atom. The number of esters is 1. The Bertz CT molecular complexity index is 1310. The van der Waals surface area contributed by atoms with Crippen molar-refractivity contribution in [1.82, 2.24) is 0 Å². The second-order valence-electron chi connectivity index (χ2n) is 6.87. The van der Waals surface area contributed by atoms with Crippen LogP contribution in [0.25, 0.3) is 6.08 Å². The topological polar surface area (TPSA) is 57.1 Å². The van der Waals surface area contributed by atoms with Gasteiger partial charge in [0.05, 0.1) is 22.7 Å². The third kappa shape index (κ3) is 5.46. The number of carbonyl (C=O) groups excluding carboxylic acids is 1. The molecule has 0 aliphatic carbocycles. The molecule has 0 saturated carbocycles. The van der Waals surface area contributed by atoms with Crippen LogP contribution >= 0.6 is 57.4 Å². The normalized spacial score (nSPS) is 14.3. The molecule has 0 atom stereocenters. The third-order valence-corrected chi connectivity index (χ3v) is 6.55. The highest BCUT2D eigenvalue weighted by atomic mass is 127. The van der Waals surface area contributed by atoms with E-state index >= 15 is 0 Å². The molecule has 0 unspecified atom stereocenters. The summed E-state index contributed by atoms with van der Waals surface area (Å²) in [6.07, 6.45) is 1.55. The molecule has 1 aliphatic rings. The molecule has 1 heterocycles. The summed E-state index contributed by atoms with van der Waals surface area (Å²) in [4.78, 5) is 16.7. The summed E-state index contributed by atoms with van der Waals surface area (Å²) < 4.78 is 17.8. The van der Waals surface area contributed by atoms with Crippen LogP contribution in [0, 0.1) is 3.57 Å². The highest BCUT2D eigenvalue weighted by Crippen LogP contribution is 2.38. The molecule has 5 nitrogen and oxygen atoms in total. The maximum absolute atomic E-state index is 12.4. The third-order valence-electron chi connectivity index (χ3n) is 4.67. The minimum Gasteiger partial charge on any atom is -0.493 e. The first-order chi connectivity index (χ1) is 15.9. The average Bonchev–Trinajstić information content (AvgIpc) is 3.13. The maximum Gasteiger partial charge on any atom is 0.363 e. The van der Waals surface area contributed by atoms with E-state index in [1.54, 1.807) is 36.4 Å². The Labute approximate surface area is 219 Å². The van der Waals surface area contributed by atoms with Gasteiger partial charge in [0.15, 0.2) is 17.2 Å². The smallest absolute Gasteiger partial charge is 0.363 e. The molecule has 0 fully saturated rings. The number of ether oxygens (including phenoxy) is 3. The van der Waals surface area contributed by atoms with E-state index < -0.39 is 5.97 Å². The van der Waals surface area contributed by atoms with Crippen LogP contribution < -0.4 is 9.47 Å². The van der Waals surface area contributed by atoms with E-state index in [4.69, 9.17) is 49.0 Å². The fourth-order valence-corrected chi connectivity index (χ4v) is 4.38. The SMILES string of the molecule is COc1cc(/C=C2\N=C(c3ccc(Cl)cc3Cl)OC2=O)cc(Cl)c1OCc1ccccc1I. The summed E-state index contributed by atoms with van der Waals surface area (Å²) in [6.45, 7) is 0.331. The van der Waals surface area contributed by atoms with Crippen molar-refractivity contribution in [2.24, 2.45) is 4.99 Å². The van der Waals surface area contributed by atoms with Crippen molar-refractivity contribution in [3.63, 3.8) is 0 Å². The van der Waals surface area contributed by atoms with Crippen LogP contribution in [0.5, 0.6) is 11.5 Å². The molecule has 1 aliphatic heterocycles. The number of hydrogen-bond donors (Lipinski definition) is 0. The second kappa shape index (κ2) is 10.3. The quantitative estimate of drug-likeness (QED) is 0.168. The predicted octanol–water partition coefficient (Wildman–Crippen LogP) is 7.18. The van der Waals surface area contributed by atoms with Crippen molar-refractivity contribution in [3.05, 3.63) is 95.6 Å². The highest BCUT2D eigenvalue weighted by Gasteiger charge is 2.26. The predicted molar refractivity (Wildman–Crippen MR) is 139 cm³/mol. The largest absolute Gasteiger partial charge is 0.493 e. The van der Waals surface area contributed by atoms with Crippen LogP contribution in [0.15, 0.2) is 65.3 Å². The van der Waals surface area contributed by atoms with E-state index in [1.165, 1.54) is 7.11 Å². The zero-order valence-electron chi connectivity index (χ0n) is 17.1. The molecule has 0 N–H and O–H groups in total.